The minimum absolute atomic E-state index is 0.120. The first-order valence-corrected chi connectivity index (χ1v) is 5.84. The van der Waals surface area contributed by atoms with E-state index in [2.05, 4.69) is 5.32 Å². The summed E-state index contributed by atoms with van der Waals surface area (Å²) in [4.78, 5) is 0. The molecule has 16 heavy (non-hydrogen) atoms. The molecule has 0 bridgehead atoms. The third-order valence-corrected chi connectivity index (χ3v) is 3.36. The Morgan fingerprint density at radius 1 is 1.38 bits per heavy atom. The number of nitrogens with one attached hydrogen (secondary N) is 1. The molecule has 1 N–H and O–H groups in total. The number of hydrogen-bond donors (Lipinski definition) is 1. The zero-order valence-corrected chi connectivity index (χ0v) is 9.98. The van der Waals surface area contributed by atoms with Crippen molar-refractivity contribution in [1.29, 1.82) is 0 Å². The van der Waals surface area contributed by atoms with Crippen LogP contribution in [0.2, 0.25) is 5.02 Å². The van der Waals surface area contributed by atoms with Gasteiger partial charge in [0.1, 0.15) is 0 Å². The first-order valence-electron chi connectivity index (χ1n) is 5.46. The van der Waals surface area contributed by atoms with Crippen molar-refractivity contribution in [3.63, 3.8) is 0 Å². The van der Waals surface area contributed by atoms with E-state index in [0.717, 1.165) is 31.5 Å². The van der Waals surface area contributed by atoms with Crippen molar-refractivity contribution in [2.75, 3.05) is 20.2 Å². The fourth-order valence-electron chi connectivity index (χ4n) is 2.21. The third kappa shape index (κ3) is 2.15. The molecule has 0 aliphatic carbocycles. The topological polar surface area (TPSA) is 21.3 Å². The Hall–Kier alpha value is -0.800. The highest BCUT2D eigenvalue weighted by molar-refractivity contribution is 6.30. The summed E-state index contributed by atoms with van der Waals surface area (Å²) in [5.74, 6) is 0.225. The van der Waals surface area contributed by atoms with Gasteiger partial charge in [-0.3, -0.25) is 0 Å². The molecule has 0 radical (unpaired) electrons. The Morgan fingerprint density at radius 3 is 2.69 bits per heavy atom. The van der Waals surface area contributed by atoms with Crippen molar-refractivity contribution in [3.05, 3.63) is 28.5 Å². The third-order valence-electron chi connectivity index (χ3n) is 3.06. The molecule has 0 saturated carbocycles. The molecule has 88 valence electrons. The molecule has 0 amide bonds. The van der Waals surface area contributed by atoms with Crippen LogP contribution in [0.3, 0.4) is 0 Å². The Balaban J connectivity index is 2.35. The zero-order chi connectivity index (χ0) is 11.5. The van der Waals surface area contributed by atoms with Crippen LogP contribution in [0.25, 0.3) is 0 Å². The Kier molecular flexibility index (Phi) is 3.66. The molecular formula is C12H15ClFNO. The molecule has 1 aromatic carbocycles. The average Bonchev–Trinajstić information content (AvgIpc) is 2.33. The van der Waals surface area contributed by atoms with Crippen LogP contribution in [-0.4, -0.2) is 20.2 Å². The van der Waals surface area contributed by atoms with E-state index in [0.29, 0.717) is 11.7 Å². The number of ether oxygens (including phenoxy) is 1. The van der Waals surface area contributed by atoms with E-state index < -0.39 is 5.82 Å². The molecule has 2 rings (SSSR count). The molecule has 2 nitrogen and oxygen atoms in total. The maximum atomic E-state index is 13.7. The Morgan fingerprint density at radius 2 is 2.06 bits per heavy atom. The number of benzene rings is 1. The smallest absolute Gasteiger partial charge is 0.183 e. The van der Waals surface area contributed by atoms with Gasteiger partial charge in [-0.2, -0.15) is 0 Å². The molecule has 0 aromatic heterocycles. The molecule has 0 spiro atoms. The lowest BCUT2D eigenvalue weighted by Crippen LogP contribution is -2.26. The van der Waals surface area contributed by atoms with E-state index in [9.17, 15) is 4.39 Å². The van der Waals surface area contributed by atoms with Crippen LogP contribution in [0.5, 0.6) is 5.75 Å². The average molecular weight is 244 g/mol. The van der Waals surface area contributed by atoms with Crippen LogP contribution in [0.4, 0.5) is 4.39 Å². The van der Waals surface area contributed by atoms with Gasteiger partial charge in [0.25, 0.3) is 0 Å². The van der Waals surface area contributed by atoms with Crippen LogP contribution in [-0.2, 0) is 0 Å². The summed E-state index contributed by atoms with van der Waals surface area (Å²) < 4.78 is 18.9. The predicted octanol–water partition coefficient (Wildman–Crippen LogP) is 2.95. The SMILES string of the molecule is COc1c(C2CCNCC2)ccc(Cl)c1F. The summed E-state index contributed by atoms with van der Waals surface area (Å²) in [6.07, 6.45) is 2.02. The van der Waals surface area contributed by atoms with Crippen LogP contribution in [0.1, 0.15) is 24.3 Å². The lowest BCUT2D eigenvalue weighted by atomic mass is 9.89. The molecule has 0 unspecified atom stereocenters. The summed E-state index contributed by atoms with van der Waals surface area (Å²) in [5, 5.41) is 3.41. The van der Waals surface area contributed by atoms with Crippen molar-refractivity contribution in [3.8, 4) is 5.75 Å². The first-order chi connectivity index (χ1) is 7.74. The van der Waals surface area contributed by atoms with Gasteiger partial charge in [-0.05, 0) is 37.9 Å². The van der Waals surface area contributed by atoms with Gasteiger partial charge in [0.05, 0.1) is 12.1 Å². The van der Waals surface area contributed by atoms with Crippen molar-refractivity contribution in [1.82, 2.24) is 5.32 Å². The first kappa shape index (κ1) is 11.7. The summed E-state index contributed by atoms with van der Waals surface area (Å²) in [6.45, 7) is 1.94. The largest absolute Gasteiger partial charge is 0.493 e. The van der Waals surface area contributed by atoms with Gasteiger partial charge in [0.15, 0.2) is 11.6 Å². The molecule has 1 aromatic rings. The predicted molar refractivity (Wildman–Crippen MR) is 62.8 cm³/mol. The van der Waals surface area contributed by atoms with E-state index in [1.165, 1.54) is 7.11 Å². The molecule has 1 aliphatic heterocycles. The summed E-state index contributed by atoms with van der Waals surface area (Å²) in [6, 6.07) is 3.48. The molecule has 4 heteroatoms. The highest BCUT2D eigenvalue weighted by Crippen LogP contribution is 2.36. The van der Waals surface area contributed by atoms with Gasteiger partial charge in [-0.1, -0.05) is 17.7 Å². The molecule has 1 fully saturated rings. The van der Waals surface area contributed by atoms with Gasteiger partial charge in [-0.15, -0.1) is 0 Å². The van der Waals surface area contributed by atoms with Crippen LogP contribution in [0, 0.1) is 5.82 Å². The van der Waals surface area contributed by atoms with E-state index in [4.69, 9.17) is 16.3 Å². The highest BCUT2D eigenvalue weighted by atomic mass is 35.5. The molecule has 1 heterocycles. The standard InChI is InChI=1S/C12H15ClFNO/c1-16-12-9(2-3-10(13)11(12)14)8-4-6-15-7-5-8/h2-3,8,15H,4-7H2,1H3. The minimum Gasteiger partial charge on any atom is -0.493 e. The number of halogens is 2. The normalized spacial score (nSPS) is 17.4. The second kappa shape index (κ2) is 5.02. The van der Waals surface area contributed by atoms with Crippen molar-refractivity contribution in [2.24, 2.45) is 0 Å². The van der Waals surface area contributed by atoms with Gasteiger partial charge in [-0.25, -0.2) is 4.39 Å². The van der Waals surface area contributed by atoms with Gasteiger partial charge in [0, 0.05) is 5.56 Å². The number of methoxy groups -OCH3 is 1. The highest BCUT2D eigenvalue weighted by Gasteiger charge is 2.22. The van der Waals surface area contributed by atoms with Gasteiger partial charge in [0.2, 0.25) is 0 Å². The molecule has 0 atom stereocenters. The molecule has 1 saturated heterocycles. The zero-order valence-electron chi connectivity index (χ0n) is 9.22. The minimum atomic E-state index is -0.444. The van der Waals surface area contributed by atoms with E-state index in [-0.39, 0.29) is 5.02 Å². The maximum absolute atomic E-state index is 13.7. The lowest BCUT2D eigenvalue weighted by Gasteiger charge is -2.24. The van der Waals surface area contributed by atoms with Gasteiger partial charge >= 0.3 is 0 Å². The van der Waals surface area contributed by atoms with Crippen LogP contribution >= 0.6 is 11.6 Å². The maximum Gasteiger partial charge on any atom is 0.183 e. The number of rotatable bonds is 2. The van der Waals surface area contributed by atoms with E-state index in [1.807, 2.05) is 6.07 Å². The summed E-state index contributed by atoms with van der Waals surface area (Å²) >= 11 is 5.74. The molecular weight excluding hydrogens is 229 g/mol. The Bertz CT molecular complexity index is 378. The van der Waals surface area contributed by atoms with Crippen LogP contribution in [0.15, 0.2) is 12.1 Å². The fourth-order valence-corrected chi connectivity index (χ4v) is 2.36. The van der Waals surface area contributed by atoms with Crippen molar-refractivity contribution >= 4 is 11.6 Å². The van der Waals surface area contributed by atoms with Crippen molar-refractivity contribution in [2.45, 2.75) is 18.8 Å². The summed E-state index contributed by atoms with van der Waals surface area (Å²) in [5.41, 5.74) is 0.936. The van der Waals surface area contributed by atoms with Crippen molar-refractivity contribution < 1.29 is 9.13 Å². The fraction of sp³-hybridized carbons (Fsp3) is 0.500. The van der Waals surface area contributed by atoms with Crippen LogP contribution < -0.4 is 10.1 Å². The van der Waals surface area contributed by atoms with E-state index >= 15 is 0 Å². The lowest BCUT2D eigenvalue weighted by molar-refractivity contribution is 0.368. The number of piperidine rings is 1. The van der Waals surface area contributed by atoms with Gasteiger partial charge < -0.3 is 10.1 Å². The Labute approximate surface area is 99.7 Å². The summed E-state index contributed by atoms with van der Waals surface area (Å²) in [7, 11) is 1.49. The quantitative estimate of drug-likeness (QED) is 0.862. The van der Waals surface area contributed by atoms with E-state index in [1.54, 1.807) is 6.07 Å². The second-order valence-corrected chi connectivity index (χ2v) is 4.42. The molecule has 1 aliphatic rings. The number of hydrogen-bond acceptors (Lipinski definition) is 2. The monoisotopic (exact) mass is 243 g/mol. The second-order valence-electron chi connectivity index (χ2n) is 4.01.